The zero-order chi connectivity index (χ0) is 15.9. The smallest absolute Gasteiger partial charge is 0.191 e. The van der Waals surface area contributed by atoms with Gasteiger partial charge in [-0.1, -0.05) is 6.92 Å². The van der Waals surface area contributed by atoms with Crippen LogP contribution in [0.25, 0.3) is 0 Å². The quantitative estimate of drug-likeness (QED) is 0.390. The Bertz CT molecular complexity index is 361. The lowest BCUT2D eigenvalue weighted by atomic mass is 9.87. The highest BCUT2D eigenvalue weighted by molar-refractivity contribution is 14.0. The van der Waals surface area contributed by atoms with Gasteiger partial charge in [0.2, 0.25) is 0 Å². The van der Waals surface area contributed by atoms with Crippen molar-refractivity contribution < 1.29 is 4.21 Å². The van der Waals surface area contributed by atoms with Crippen LogP contribution in [0.5, 0.6) is 0 Å². The average Bonchev–Trinajstić information content (AvgIpc) is 2.40. The highest BCUT2D eigenvalue weighted by Gasteiger charge is 2.20. The van der Waals surface area contributed by atoms with Crippen LogP contribution >= 0.6 is 24.0 Å². The maximum atomic E-state index is 12.0. The molecule has 4 nitrogen and oxygen atoms in total. The summed E-state index contributed by atoms with van der Waals surface area (Å²) < 4.78 is 11.9. The van der Waals surface area contributed by atoms with Gasteiger partial charge in [0, 0.05) is 33.9 Å². The predicted octanol–water partition coefficient (Wildman–Crippen LogP) is 3.29. The van der Waals surface area contributed by atoms with E-state index in [1.807, 2.05) is 20.8 Å². The molecule has 22 heavy (non-hydrogen) atoms. The maximum absolute atomic E-state index is 12.0. The molecule has 0 aliphatic heterocycles. The highest BCUT2D eigenvalue weighted by atomic mass is 127. The van der Waals surface area contributed by atoms with Crippen molar-refractivity contribution >= 4 is 40.7 Å². The number of nitrogens with zero attached hydrogens (tertiary/aromatic N) is 1. The van der Waals surface area contributed by atoms with Crippen molar-refractivity contribution in [2.75, 3.05) is 18.8 Å². The molecule has 1 rings (SSSR count). The Morgan fingerprint density at radius 1 is 1.23 bits per heavy atom. The van der Waals surface area contributed by atoms with Crippen molar-refractivity contribution in [3.05, 3.63) is 0 Å². The summed E-state index contributed by atoms with van der Waals surface area (Å²) >= 11 is 0. The predicted molar refractivity (Wildman–Crippen MR) is 109 cm³/mol. The van der Waals surface area contributed by atoms with Crippen molar-refractivity contribution in [3.8, 4) is 0 Å². The monoisotopic (exact) mass is 443 g/mol. The Balaban J connectivity index is 0.00000441. The summed E-state index contributed by atoms with van der Waals surface area (Å²) in [6.07, 6.45) is 5.04. The molecular weight excluding hydrogens is 409 g/mol. The summed E-state index contributed by atoms with van der Waals surface area (Å²) in [4.78, 5) is 4.58. The zero-order valence-electron chi connectivity index (χ0n) is 14.8. The van der Waals surface area contributed by atoms with E-state index in [9.17, 15) is 4.21 Å². The lowest BCUT2D eigenvalue weighted by molar-refractivity contribution is 0.329. The second kappa shape index (κ2) is 10.8. The van der Waals surface area contributed by atoms with Crippen LogP contribution in [0.4, 0.5) is 0 Å². The van der Waals surface area contributed by atoms with Crippen LogP contribution in [0.2, 0.25) is 0 Å². The van der Waals surface area contributed by atoms with Crippen molar-refractivity contribution in [1.82, 2.24) is 10.6 Å². The minimum absolute atomic E-state index is 0. The summed E-state index contributed by atoms with van der Waals surface area (Å²) in [5.74, 6) is 2.36. The third-order valence-corrected chi connectivity index (χ3v) is 5.85. The van der Waals surface area contributed by atoms with E-state index < -0.39 is 10.8 Å². The van der Waals surface area contributed by atoms with E-state index in [1.54, 1.807) is 0 Å². The summed E-state index contributed by atoms with van der Waals surface area (Å²) in [5, 5.41) is 6.82. The van der Waals surface area contributed by atoms with Gasteiger partial charge in [0.25, 0.3) is 0 Å². The number of rotatable bonds is 5. The maximum Gasteiger partial charge on any atom is 0.191 e. The topological polar surface area (TPSA) is 53.5 Å². The van der Waals surface area contributed by atoms with Crippen LogP contribution in [0, 0.1) is 5.92 Å². The zero-order valence-corrected chi connectivity index (χ0v) is 17.9. The molecule has 0 bridgehead atoms. The molecule has 0 aromatic carbocycles. The molecule has 0 spiro atoms. The van der Waals surface area contributed by atoms with E-state index in [0.29, 0.717) is 18.3 Å². The van der Waals surface area contributed by atoms with Gasteiger partial charge in [-0.2, -0.15) is 0 Å². The highest BCUT2D eigenvalue weighted by Crippen LogP contribution is 2.23. The average molecular weight is 443 g/mol. The molecule has 1 aliphatic carbocycles. The molecular formula is C16H34IN3OS. The van der Waals surface area contributed by atoms with Crippen molar-refractivity contribution in [1.29, 1.82) is 0 Å². The first-order valence-corrected chi connectivity index (χ1v) is 9.58. The van der Waals surface area contributed by atoms with Crippen LogP contribution in [-0.2, 0) is 10.8 Å². The summed E-state index contributed by atoms with van der Waals surface area (Å²) in [6.45, 7) is 11.9. The molecule has 0 saturated heterocycles. The largest absolute Gasteiger partial charge is 0.357 e. The first kappa shape index (κ1) is 22.1. The summed E-state index contributed by atoms with van der Waals surface area (Å²) in [6, 6.07) is 0.534. The van der Waals surface area contributed by atoms with E-state index >= 15 is 0 Å². The molecule has 0 heterocycles. The lowest BCUT2D eigenvalue weighted by Gasteiger charge is -2.28. The number of halogens is 1. The van der Waals surface area contributed by atoms with Crippen LogP contribution in [0.15, 0.2) is 4.99 Å². The normalized spacial score (nSPS) is 24.3. The molecule has 1 saturated carbocycles. The molecule has 1 atom stereocenters. The number of hydrogen-bond donors (Lipinski definition) is 2. The molecule has 0 aromatic heterocycles. The third kappa shape index (κ3) is 8.70. The standard InChI is InChI=1S/C16H33N3OS.HI/c1-6-17-15(18-11-12-21(20)16(3,4)5)19-14-9-7-13(2)8-10-14;/h13-14H,6-12H2,1-5H3,(H2,17,18,19);1H. The SMILES string of the molecule is CCNC(=NCCS(=O)C(C)(C)C)NC1CCC(C)CC1.I. The van der Waals surface area contributed by atoms with Crippen molar-refractivity contribution in [3.63, 3.8) is 0 Å². The molecule has 0 radical (unpaired) electrons. The first-order chi connectivity index (χ1) is 9.82. The minimum atomic E-state index is -0.832. The number of hydrogen-bond acceptors (Lipinski definition) is 2. The third-order valence-electron chi connectivity index (χ3n) is 3.93. The lowest BCUT2D eigenvalue weighted by Crippen LogP contribution is -2.45. The van der Waals surface area contributed by atoms with Gasteiger partial charge in [0.15, 0.2) is 5.96 Å². The van der Waals surface area contributed by atoms with Gasteiger partial charge in [-0.3, -0.25) is 9.20 Å². The Kier molecular flexibility index (Phi) is 10.9. The van der Waals surface area contributed by atoms with Gasteiger partial charge in [0.05, 0.1) is 6.54 Å². The van der Waals surface area contributed by atoms with E-state index in [1.165, 1.54) is 25.7 Å². The number of aliphatic imine (C=N–C) groups is 1. The van der Waals surface area contributed by atoms with Gasteiger partial charge in [-0.15, -0.1) is 24.0 Å². The molecule has 1 aliphatic rings. The Labute approximate surface area is 156 Å². The van der Waals surface area contributed by atoms with E-state index in [0.717, 1.165) is 18.4 Å². The molecule has 6 heteroatoms. The van der Waals surface area contributed by atoms with Crippen LogP contribution in [-0.4, -0.2) is 39.8 Å². The number of nitrogens with one attached hydrogen (secondary N) is 2. The molecule has 0 amide bonds. The van der Waals surface area contributed by atoms with E-state index in [2.05, 4.69) is 29.5 Å². The Morgan fingerprint density at radius 2 is 1.82 bits per heavy atom. The molecule has 1 unspecified atom stereocenters. The first-order valence-electron chi connectivity index (χ1n) is 8.26. The van der Waals surface area contributed by atoms with Gasteiger partial charge >= 0.3 is 0 Å². The summed E-state index contributed by atoms with van der Waals surface area (Å²) in [5.41, 5.74) is 0. The van der Waals surface area contributed by atoms with Gasteiger partial charge in [-0.25, -0.2) is 0 Å². The van der Waals surface area contributed by atoms with Crippen LogP contribution in [0.1, 0.15) is 60.3 Å². The van der Waals surface area contributed by atoms with Gasteiger partial charge in [0.1, 0.15) is 0 Å². The van der Waals surface area contributed by atoms with Gasteiger partial charge in [-0.05, 0) is 59.3 Å². The fourth-order valence-electron chi connectivity index (χ4n) is 2.46. The number of guanidine groups is 1. The minimum Gasteiger partial charge on any atom is -0.357 e. The Hall–Kier alpha value is 0.150. The molecule has 132 valence electrons. The second-order valence-electron chi connectivity index (χ2n) is 7.02. The fraction of sp³-hybridized carbons (Fsp3) is 0.938. The summed E-state index contributed by atoms with van der Waals surface area (Å²) in [7, 11) is -0.832. The van der Waals surface area contributed by atoms with Crippen molar-refractivity contribution in [2.45, 2.75) is 71.1 Å². The van der Waals surface area contributed by atoms with Crippen LogP contribution < -0.4 is 10.6 Å². The molecule has 0 aromatic rings. The van der Waals surface area contributed by atoms with E-state index in [4.69, 9.17) is 0 Å². The second-order valence-corrected chi connectivity index (χ2v) is 9.35. The van der Waals surface area contributed by atoms with Crippen LogP contribution in [0.3, 0.4) is 0 Å². The van der Waals surface area contributed by atoms with Crippen molar-refractivity contribution in [2.24, 2.45) is 10.9 Å². The Morgan fingerprint density at radius 3 is 2.32 bits per heavy atom. The molecule has 2 N–H and O–H groups in total. The van der Waals surface area contributed by atoms with E-state index in [-0.39, 0.29) is 28.7 Å². The van der Waals surface area contributed by atoms with Gasteiger partial charge < -0.3 is 10.6 Å². The molecule has 1 fully saturated rings. The fourth-order valence-corrected chi connectivity index (χ4v) is 3.33.